The molecule has 0 aliphatic heterocycles. The lowest BCUT2D eigenvalue weighted by molar-refractivity contribution is 0.0212. The van der Waals surface area contributed by atoms with Gasteiger partial charge in [-0.05, 0) is 50.2 Å². The van der Waals surface area contributed by atoms with Crippen LogP contribution < -0.4 is 5.32 Å². The van der Waals surface area contributed by atoms with Crippen molar-refractivity contribution in [3.8, 4) is 0 Å². The number of furan rings is 1. The maximum Gasteiger partial charge on any atom is 0.117 e. The highest BCUT2D eigenvalue weighted by Gasteiger charge is 2.46. The second-order valence-electron chi connectivity index (χ2n) is 5.91. The average Bonchev–Trinajstić information content (AvgIpc) is 2.75. The second-order valence-corrected chi connectivity index (χ2v) is 5.91. The van der Waals surface area contributed by atoms with Gasteiger partial charge in [0.2, 0.25) is 0 Å². The van der Waals surface area contributed by atoms with E-state index in [4.69, 9.17) is 4.42 Å². The Hall–Kier alpha value is -0.760. The predicted octanol–water partition coefficient (Wildman–Crippen LogP) is 3.79. The Kier molecular flexibility index (Phi) is 2.99. The van der Waals surface area contributed by atoms with Gasteiger partial charge in [-0.2, -0.15) is 0 Å². The molecule has 2 heteroatoms. The highest BCUT2D eigenvalue weighted by molar-refractivity contribution is 5.07. The third-order valence-electron chi connectivity index (χ3n) is 4.84. The van der Waals surface area contributed by atoms with Crippen LogP contribution in [0.1, 0.15) is 56.5 Å². The summed E-state index contributed by atoms with van der Waals surface area (Å²) in [5.74, 6) is 2.10. The fourth-order valence-electron chi connectivity index (χ4n) is 3.67. The van der Waals surface area contributed by atoms with Crippen LogP contribution in [0.25, 0.3) is 0 Å². The quantitative estimate of drug-likeness (QED) is 0.859. The van der Waals surface area contributed by atoms with E-state index in [0.717, 1.165) is 24.1 Å². The summed E-state index contributed by atoms with van der Waals surface area (Å²) >= 11 is 0. The van der Waals surface area contributed by atoms with Gasteiger partial charge in [0.25, 0.3) is 0 Å². The lowest BCUT2D eigenvalue weighted by atomic mass is 9.57. The van der Waals surface area contributed by atoms with Gasteiger partial charge in [0.1, 0.15) is 11.5 Å². The molecule has 2 saturated carbocycles. The predicted molar refractivity (Wildman–Crippen MR) is 68.8 cm³/mol. The standard InChI is InChI=1S/C15H23NO/c1-12-5-6-13(17-12)11-16-14-7-10-15(14)8-3-2-4-9-15/h5-6,14,16H,2-4,7-11H2,1H3. The second kappa shape index (κ2) is 4.49. The summed E-state index contributed by atoms with van der Waals surface area (Å²) in [6.07, 6.45) is 10.0. The molecule has 0 amide bonds. The Bertz CT molecular complexity index is 376. The fourth-order valence-corrected chi connectivity index (χ4v) is 3.67. The zero-order valence-electron chi connectivity index (χ0n) is 10.8. The molecule has 1 unspecified atom stereocenters. The van der Waals surface area contributed by atoms with Crippen molar-refractivity contribution in [1.29, 1.82) is 0 Å². The van der Waals surface area contributed by atoms with Crippen molar-refractivity contribution in [2.75, 3.05) is 0 Å². The Morgan fingerprint density at radius 1 is 1.24 bits per heavy atom. The minimum absolute atomic E-state index is 0.653. The number of aryl methyl sites for hydroxylation is 1. The molecule has 3 rings (SSSR count). The van der Waals surface area contributed by atoms with E-state index < -0.39 is 0 Å². The van der Waals surface area contributed by atoms with Crippen molar-refractivity contribution in [2.24, 2.45) is 5.41 Å². The molecular weight excluding hydrogens is 210 g/mol. The molecule has 1 aromatic heterocycles. The summed E-state index contributed by atoms with van der Waals surface area (Å²) in [5, 5.41) is 3.72. The zero-order valence-corrected chi connectivity index (χ0v) is 10.8. The van der Waals surface area contributed by atoms with E-state index in [9.17, 15) is 0 Å². The Morgan fingerprint density at radius 2 is 2.06 bits per heavy atom. The highest BCUT2D eigenvalue weighted by atomic mass is 16.3. The number of rotatable bonds is 3. The largest absolute Gasteiger partial charge is 0.465 e. The van der Waals surface area contributed by atoms with Crippen molar-refractivity contribution in [3.05, 3.63) is 23.7 Å². The summed E-state index contributed by atoms with van der Waals surface area (Å²) in [6.45, 7) is 2.91. The van der Waals surface area contributed by atoms with Gasteiger partial charge >= 0.3 is 0 Å². The summed E-state index contributed by atoms with van der Waals surface area (Å²) in [6, 6.07) is 4.89. The number of hydrogen-bond acceptors (Lipinski definition) is 2. The van der Waals surface area contributed by atoms with Crippen LogP contribution in [0.5, 0.6) is 0 Å². The van der Waals surface area contributed by atoms with Crippen molar-refractivity contribution in [3.63, 3.8) is 0 Å². The molecule has 2 aliphatic rings. The van der Waals surface area contributed by atoms with Gasteiger partial charge in [-0.25, -0.2) is 0 Å². The van der Waals surface area contributed by atoms with E-state index in [1.165, 1.54) is 44.9 Å². The van der Waals surface area contributed by atoms with Crippen molar-refractivity contribution < 1.29 is 4.42 Å². The smallest absolute Gasteiger partial charge is 0.117 e. The zero-order chi connectivity index (χ0) is 11.7. The van der Waals surface area contributed by atoms with Crippen LogP contribution in [0.15, 0.2) is 16.5 Å². The Morgan fingerprint density at radius 3 is 2.65 bits per heavy atom. The fraction of sp³-hybridized carbons (Fsp3) is 0.733. The van der Waals surface area contributed by atoms with Gasteiger partial charge < -0.3 is 9.73 Å². The molecule has 2 fully saturated rings. The first-order valence-corrected chi connectivity index (χ1v) is 7.07. The Labute approximate surface area is 104 Å². The SMILES string of the molecule is Cc1ccc(CNC2CCC23CCCCC3)o1. The molecule has 94 valence electrons. The molecule has 0 saturated heterocycles. The van der Waals surface area contributed by atoms with Crippen LogP contribution in [-0.4, -0.2) is 6.04 Å². The molecule has 0 aromatic carbocycles. The third-order valence-corrected chi connectivity index (χ3v) is 4.84. The maximum atomic E-state index is 5.62. The molecular formula is C15H23NO. The van der Waals surface area contributed by atoms with E-state index in [1.54, 1.807) is 0 Å². The van der Waals surface area contributed by atoms with Gasteiger partial charge in [0.15, 0.2) is 0 Å². The highest BCUT2D eigenvalue weighted by Crippen LogP contribution is 2.51. The first kappa shape index (κ1) is 11.3. The molecule has 1 N–H and O–H groups in total. The van der Waals surface area contributed by atoms with Gasteiger partial charge in [0, 0.05) is 6.04 Å². The molecule has 0 radical (unpaired) electrons. The molecule has 17 heavy (non-hydrogen) atoms. The number of nitrogens with one attached hydrogen (secondary N) is 1. The summed E-state index contributed by atoms with van der Waals surface area (Å²) in [7, 11) is 0. The lowest BCUT2D eigenvalue weighted by Gasteiger charge is -2.52. The summed E-state index contributed by atoms with van der Waals surface area (Å²) < 4.78 is 5.62. The molecule has 1 heterocycles. The monoisotopic (exact) mass is 233 g/mol. The first-order chi connectivity index (χ1) is 8.28. The van der Waals surface area contributed by atoms with Crippen molar-refractivity contribution >= 4 is 0 Å². The lowest BCUT2D eigenvalue weighted by Crippen LogP contribution is -2.53. The molecule has 1 atom stereocenters. The minimum Gasteiger partial charge on any atom is -0.465 e. The topological polar surface area (TPSA) is 25.2 Å². The van der Waals surface area contributed by atoms with E-state index in [0.29, 0.717) is 5.41 Å². The first-order valence-electron chi connectivity index (χ1n) is 7.07. The van der Waals surface area contributed by atoms with Gasteiger partial charge in [0.05, 0.1) is 6.54 Å². The van der Waals surface area contributed by atoms with Gasteiger partial charge in [-0.1, -0.05) is 19.3 Å². The van der Waals surface area contributed by atoms with E-state index >= 15 is 0 Å². The average molecular weight is 233 g/mol. The van der Waals surface area contributed by atoms with Crippen LogP contribution in [-0.2, 0) is 6.54 Å². The summed E-state index contributed by atoms with van der Waals surface area (Å²) in [5.41, 5.74) is 0.653. The molecule has 0 bridgehead atoms. The third kappa shape index (κ3) is 2.15. The van der Waals surface area contributed by atoms with Crippen LogP contribution >= 0.6 is 0 Å². The van der Waals surface area contributed by atoms with E-state index in [1.807, 2.05) is 13.0 Å². The molecule has 1 aromatic rings. The van der Waals surface area contributed by atoms with Crippen molar-refractivity contribution in [1.82, 2.24) is 5.32 Å². The molecule has 2 nitrogen and oxygen atoms in total. The van der Waals surface area contributed by atoms with Crippen LogP contribution in [0, 0.1) is 12.3 Å². The summed E-state index contributed by atoms with van der Waals surface area (Å²) in [4.78, 5) is 0. The number of hydrogen-bond donors (Lipinski definition) is 1. The minimum atomic E-state index is 0.653. The normalized spacial score (nSPS) is 27.0. The van der Waals surface area contributed by atoms with Crippen LogP contribution in [0.2, 0.25) is 0 Å². The molecule has 2 aliphatic carbocycles. The van der Waals surface area contributed by atoms with E-state index in [2.05, 4.69) is 11.4 Å². The van der Waals surface area contributed by atoms with E-state index in [-0.39, 0.29) is 0 Å². The van der Waals surface area contributed by atoms with Gasteiger partial charge in [-0.15, -0.1) is 0 Å². The Balaban J connectivity index is 1.55. The van der Waals surface area contributed by atoms with Crippen LogP contribution in [0.3, 0.4) is 0 Å². The van der Waals surface area contributed by atoms with Gasteiger partial charge in [-0.3, -0.25) is 0 Å². The van der Waals surface area contributed by atoms with Crippen molar-refractivity contribution in [2.45, 2.75) is 64.5 Å². The molecule has 1 spiro atoms. The maximum absolute atomic E-state index is 5.62. The van der Waals surface area contributed by atoms with Crippen LogP contribution in [0.4, 0.5) is 0 Å².